The third kappa shape index (κ3) is 2.35. The van der Waals surface area contributed by atoms with Crippen molar-refractivity contribution in [2.45, 2.75) is 46.1 Å². The van der Waals surface area contributed by atoms with Crippen LogP contribution in [0.4, 0.5) is 0 Å². The Kier molecular flexibility index (Phi) is 3.46. The van der Waals surface area contributed by atoms with Gasteiger partial charge in [-0.1, -0.05) is 0 Å². The van der Waals surface area contributed by atoms with Crippen LogP contribution in [-0.2, 0) is 6.42 Å². The Hall–Kier alpha value is -2.04. The lowest BCUT2D eigenvalue weighted by Crippen LogP contribution is -2.35. The van der Waals surface area contributed by atoms with Gasteiger partial charge in [0.2, 0.25) is 6.20 Å². The van der Waals surface area contributed by atoms with E-state index in [2.05, 4.69) is 0 Å². The van der Waals surface area contributed by atoms with Gasteiger partial charge in [0.15, 0.2) is 0 Å². The van der Waals surface area contributed by atoms with Crippen LogP contribution in [0.15, 0.2) is 12.3 Å². The molecule has 2 rings (SSSR count). The number of benzene rings is 1. The molecule has 0 aliphatic carbocycles. The van der Waals surface area contributed by atoms with E-state index in [1.54, 1.807) is 0 Å². The molecule has 108 valence electrons. The number of nitrogens with zero attached hydrogens (tertiary/aromatic N) is 1. The predicted molar refractivity (Wildman–Crippen MR) is 75.8 cm³/mol. The van der Waals surface area contributed by atoms with Crippen LogP contribution in [0.3, 0.4) is 0 Å². The van der Waals surface area contributed by atoms with E-state index in [1.807, 2.05) is 27.7 Å². The summed E-state index contributed by atoms with van der Waals surface area (Å²) in [6.07, 6.45) is 3.80. The molecule has 0 unspecified atom stereocenters. The molecule has 0 saturated carbocycles. The molecular weight excluding hydrogens is 258 g/mol. The van der Waals surface area contributed by atoms with E-state index in [-0.39, 0.29) is 0 Å². The molecule has 0 saturated heterocycles. The molecule has 1 heterocycles. The van der Waals surface area contributed by atoms with Gasteiger partial charge in [0, 0.05) is 11.6 Å². The van der Waals surface area contributed by atoms with Crippen molar-refractivity contribution in [3.8, 4) is 11.5 Å². The Morgan fingerprint density at radius 3 is 2.55 bits per heavy atom. The summed E-state index contributed by atoms with van der Waals surface area (Å²) in [7, 11) is 0. The number of hydrogen-bond acceptors (Lipinski definition) is 4. The summed E-state index contributed by atoms with van der Waals surface area (Å²) in [5.74, 6) is 1.06. The largest absolute Gasteiger partial charge is 0.507 e. The van der Waals surface area contributed by atoms with Crippen LogP contribution >= 0.6 is 0 Å². The average Bonchev–Trinajstić information content (AvgIpc) is 2.41. The zero-order valence-electron chi connectivity index (χ0n) is 12.2. The quantitative estimate of drug-likeness (QED) is 0.665. The average molecular weight is 277 g/mol. The molecule has 1 atom stereocenters. The van der Waals surface area contributed by atoms with Gasteiger partial charge in [0.05, 0.1) is 4.92 Å². The number of nitro groups is 1. The fraction of sp³-hybridized carbons (Fsp3) is 0.467. The maximum Gasteiger partial charge on any atom is 0.234 e. The van der Waals surface area contributed by atoms with Crippen molar-refractivity contribution >= 4 is 0 Å². The van der Waals surface area contributed by atoms with E-state index in [9.17, 15) is 15.2 Å². The Morgan fingerprint density at radius 1 is 1.30 bits per heavy atom. The van der Waals surface area contributed by atoms with Crippen molar-refractivity contribution in [2.24, 2.45) is 0 Å². The normalized spacial score (nSPS) is 21.6. The molecule has 0 spiro atoms. The number of phenolic OH excluding ortho intramolecular Hbond substituents is 1. The van der Waals surface area contributed by atoms with Crippen LogP contribution < -0.4 is 4.74 Å². The van der Waals surface area contributed by atoms with Crippen molar-refractivity contribution in [3.63, 3.8) is 0 Å². The van der Waals surface area contributed by atoms with Crippen LogP contribution in [-0.4, -0.2) is 15.6 Å². The van der Waals surface area contributed by atoms with Gasteiger partial charge in [-0.2, -0.15) is 0 Å². The standard InChI is InChI=1S/C15H19NO4/c1-9-10(2)14-12(11(3)13(9)17)5-6-15(4,20-14)7-8-16(18)19/h7-8,17H,5-6H2,1-4H3/b8-7+/t15-/m0/s1. The second-order valence-electron chi connectivity index (χ2n) is 5.55. The molecule has 0 fully saturated rings. The molecule has 0 radical (unpaired) electrons. The van der Waals surface area contributed by atoms with Gasteiger partial charge in [-0.05, 0) is 57.2 Å². The highest BCUT2D eigenvalue weighted by Gasteiger charge is 2.33. The number of rotatable bonds is 2. The summed E-state index contributed by atoms with van der Waals surface area (Å²) in [6, 6.07) is 0. The monoisotopic (exact) mass is 277 g/mol. The molecule has 1 aliphatic rings. The van der Waals surface area contributed by atoms with Gasteiger partial charge in [0.1, 0.15) is 17.1 Å². The highest BCUT2D eigenvalue weighted by molar-refractivity contribution is 5.58. The molecule has 5 heteroatoms. The smallest absolute Gasteiger partial charge is 0.234 e. The van der Waals surface area contributed by atoms with Crippen LogP contribution in [0, 0.1) is 30.9 Å². The highest BCUT2D eigenvalue weighted by Crippen LogP contribution is 2.43. The van der Waals surface area contributed by atoms with Crippen LogP contribution in [0.1, 0.15) is 35.6 Å². The van der Waals surface area contributed by atoms with E-state index >= 15 is 0 Å². The molecule has 1 aliphatic heterocycles. The lowest BCUT2D eigenvalue weighted by molar-refractivity contribution is -0.403. The van der Waals surface area contributed by atoms with Gasteiger partial charge < -0.3 is 9.84 Å². The molecule has 1 aromatic rings. The minimum Gasteiger partial charge on any atom is -0.507 e. The predicted octanol–water partition coefficient (Wildman–Crippen LogP) is 3.19. The number of aromatic hydroxyl groups is 1. The highest BCUT2D eigenvalue weighted by atomic mass is 16.6. The SMILES string of the molecule is Cc1c(C)c2c(c(C)c1O)CC[C@@](C)(/C=C/[N+](=O)[O-])O2. The zero-order valence-corrected chi connectivity index (χ0v) is 12.2. The Morgan fingerprint density at radius 2 is 1.95 bits per heavy atom. The Balaban J connectivity index is 2.47. The van der Waals surface area contributed by atoms with Gasteiger partial charge in [-0.3, -0.25) is 10.1 Å². The Bertz CT molecular complexity index is 607. The van der Waals surface area contributed by atoms with Crippen molar-refractivity contribution in [2.75, 3.05) is 0 Å². The molecule has 0 bridgehead atoms. The van der Waals surface area contributed by atoms with E-state index in [0.717, 1.165) is 40.6 Å². The molecule has 5 nitrogen and oxygen atoms in total. The zero-order chi connectivity index (χ0) is 15.1. The fourth-order valence-corrected chi connectivity index (χ4v) is 2.60. The first kappa shape index (κ1) is 14.4. The third-order valence-corrected chi connectivity index (χ3v) is 4.10. The van der Waals surface area contributed by atoms with Crippen LogP contribution in [0.25, 0.3) is 0 Å². The molecule has 0 amide bonds. The second-order valence-corrected chi connectivity index (χ2v) is 5.55. The van der Waals surface area contributed by atoms with E-state index in [4.69, 9.17) is 4.74 Å². The maximum absolute atomic E-state index is 10.5. The number of ether oxygens (including phenoxy) is 1. The van der Waals surface area contributed by atoms with Crippen molar-refractivity contribution in [1.82, 2.24) is 0 Å². The number of phenols is 1. The van der Waals surface area contributed by atoms with Crippen molar-refractivity contribution < 1.29 is 14.8 Å². The summed E-state index contributed by atoms with van der Waals surface area (Å²) in [6.45, 7) is 7.46. The summed E-state index contributed by atoms with van der Waals surface area (Å²) < 4.78 is 6.01. The van der Waals surface area contributed by atoms with E-state index in [0.29, 0.717) is 12.2 Å². The van der Waals surface area contributed by atoms with Crippen molar-refractivity contribution in [3.05, 3.63) is 44.6 Å². The van der Waals surface area contributed by atoms with Gasteiger partial charge in [-0.15, -0.1) is 0 Å². The van der Waals surface area contributed by atoms with Crippen LogP contribution in [0.2, 0.25) is 0 Å². The molecule has 1 aromatic carbocycles. The minimum absolute atomic E-state index is 0.314. The molecule has 20 heavy (non-hydrogen) atoms. The first-order valence-electron chi connectivity index (χ1n) is 6.58. The lowest BCUT2D eigenvalue weighted by atomic mass is 9.87. The van der Waals surface area contributed by atoms with Gasteiger partial charge in [0.25, 0.3) is 0 Å². The van der Waals surface area contributed by atoms with Gasteiger partial charge >= 0.3 is 0 Å². The first-order chi connectivity index (χ1) is 9.25. The first-order valence-corrected chi connectivity index (χ1v) is 6.58. The van der Waals surface area contributed by atoms with Gasteiger partial charge in [-0.25, -0.2) is 0 Å². The number of hydrogen-bond donors (Lipinski definition) is 1. The second kappa shape index (κ2) is 4.81. The summed E-state index contributed by atoms with van der Waals surface area (Å²) >= 11 is 0. The molecule has 1 N–H and O–H groups in total. The Labute approximate surface area is 118 Å². The summed E-state index contributed by atoms with van der Waals surface area (Å²) in [4.78, 5) is 10.00. The van der Waals surface area contributed by atoms with Crippen molar-refractivity contribution in [1.29, 1.82) is 0 Å². The fourth-order valence-electron chi connectivity index (χ4n) is 2.60. The minimum atomic E-state index is -0.680. The topological polar surface area (TPSA) is 72.6 Å². The molecular formula is C15H19NO4. The van der Waals surface area contributed by atoms with Crippen LogP contribution in [0.5, 0.6) is 11.5 Å². The maximum atomic E-state index is 10.5. The third-order valence-electron chi connectivity index (χ3n) is 4.10. The van der Waals surface area contributed by atoms with E-state index < -0.39 is 10.5 Å². The summed E-state index contributed by atoms with van der Waals surface area (Å²) in [5.41, 5.74) is 2.84. The number of fused-ring (bicyclic) bond motifs is 1. The molecule has 0 aromatic heterocycles. The van der Waals surface area contributed by atoms with E-state index in [1.165, 1.54) is 6.08 Å². The summed E-state index contributed by atoms with van der Waals surface area (Å²) in [5, 5.41) is 20.6. The lowest BCUT2D eigenvalue weighted by Gasteiger charge is -2.35.